The molecule has 1 aromatic carbocycles. The zero-order valence-corrected chi connectivity index (χ0v) is 18.9. The van der Waals surface area contributed by atoms with Crippen LogP contribution in [-0.2, 0) is 6.54 Å². The Bertz CT molecular complexity index is 1290. The zero-order chi connectivity index (χ0) is 23.5. The minimum Gasteiger partial charge on any atom is -0.352 e. The van der Waals surface area contributed by atoms with Crippen molar-refractivity contribution in [3.05, 3.63) is 65.6 Å². The number of aromatic nitrogens is 6. The first-order chi connectivity index (χ1) is 16.6. The van der Waals surface area contributed by atoms with Crippen molar-refractivity contribution in [2.24, 2.45) is 0 Å². The number of nitrogens with zero attached hydrogens (tertiary/aromatic N) is 8. The summed E-state index contributed by atoms with van der Waals surface area (Å²) in [5, 5.41) is 8.01. The summed E-state index contributed by atoms with van der Waals surface area (Å²) < 4.78 is 15.6. The lowest BCUT2D eigenvalue weighted by molar-refractivity contribution is 0.0948. The Kier molecular flexibility index (Phi) is 6.17. The van der Waals surface area contributed by atoms with Gasteiger partial charge in [0, 0.05) is 45.1 Å². The lowest BCUT2D eigenvalue weighted by Gasteiger charge is -2.35. The minimum atomic E-state index is -0.661. The van der Waals surface area contributed by atoms with Crippen LogP contribution >= 0.6 is 11.6 Å². The molecule has 1 amide bonds. The SMILES string of the molecule is O=C(NCCn1ncc2c(N3CCN(c4ncccn4)CC3)ncnc21)c1c(F)cccc1Cl. The molecule has 1 aliphatic rings. The number of anilines is 2. The third-order valence-electron chi connectivity index (χ3n) is 5.63. The first-order valence-electron chi connectivity index (χ1n) is 10.8. The molecular formula is C22H21ClFN9O. The molecule has 1 saturated heterocycles. The zero-order valence-electron chi connectivity index (χ0n) is 18.1. The van der Waals surface area contributed by atoms with Gasteiger partial charge in [-0.1, -0.05) is 17.7 Å². The lowest BCUT2D eigenvalue weighted by atomic mass is 10.2. The first-order valence-corrected chi connectivity index (χ1v) is 11.2. The Labute approximate surface area is 199 Å². The van der Waals surface area contributed by atoms with Crippen molar-refractivity contribution >= 4 is 40.3 Å². The molecule has 1 N–H and O–H groups in total. The summed E-state index contributed by atoms with van der Waals surface area (Å²) in [4.78, 5) is 34.2. The van der Waals surface area contributed by atoms with E-state index in [1.54, 1.807) is 29.3 Å². The summed E-state index contributed by atoms with van der Waals surface area (Å²) in [6, 6.07) is 5.94. The van der Waals surface area contributed by atoms with Crippen LogP contribution in [0.3, 0.4) is 0 Å². The number of piperazine rings is 1. The largest absolute Gasteiger partial charge is 0.352 e. The fourth-order valence-corrected chi connectivity index (χ4v) is 4.20. The molecule has 3 aromatic heterocycles. The number of hydrogen-bond acceptors (Lipinski definition) is 8. The molecule has 0 radical (unpaired) electrons. The van der Waals surface area contributed by atoms with Gasteiger partial charge in [0.2, 0.25) is 5.95 Å². The van der Waals surface area contributed by atoms with Crippen molar-refractivity contribution in [2.75, 3.05) is 42.5 Å². The van der Waals surface area contributed by atoms with Crippen molar-refractivity contribution in [1.29, 1.82) is 0 Å². The second kappa shape index (κ2) is 9.56. The molecule has 12 heteroatoms. The Morgan fingerprint density at radius 2 is 1.79 bits per heavy atom. The Balaban J connectivity index is 1.25. The number of hydrogen-bond donors (Lipinski definition) is 1. The van der Waals surface area contributed by atoms with E-state index in [1.165, 1.54) is 24.5 Å². The molecule has 0 saturated carbocycles. The molecule has 0 aliphatic carbocycles. The van der Waals surface area contributed by atoms with Crippen LogP contribution in [-0.4, -0.2) is 68.3 Å². The molecular weight excluding hydrogens is 461 g/mol. The second-order valence-corrected chi connectivity index (χ2v) is 8.08. The van der Waals surface area contributed by atoms with E-state index < -0.39 is 11.7 Å². The Morgan fingerprint density at radius 3 is 2.56 bits per heavy atom. The van der Waals surface area contributed by atoms with Crippen LogP contribution in [0.4, 0.5) is 16.2 Å². The number of fused-ring (bicyclic) bond motifs is 1. The van der Waals surface area contributed by atoms with E-state index in [9.17, 15) is 9.18 Å². The average Bonchev–Trinajstić information content (AvgIpc) is 3.28. The highest BCUT2D eigenvalue weighted by Crippen LogP contribution is 2.24. The summed E-state index contributed by atoms with van der Waals surface area (Å²) in [7, 11) is 0. The van der Waals surface area contributed by atoms with Crippen LogP contribution in [0.25, 0.3) is 11.0 Å². The maximum absolute atomic E-state index is 14.0. The van der Waals surface area contributed by atoms with Crippen LogP contribution < -0.4 is 15.1 Å². The molecule has 0 atom stereocenters. The van der Waals surface area contributed by atoms with Gasteiger partial charge in [0.1, 0.15) is 18.0 Å². The van der Waals surface area contributed by atoms with Crippen LogP contribution in [0.5, 0.6) is 0 Å². The van der Waals surface area contributed by atoms with E-state index in [0.29, 0.717) is 12.2 Å². The van der Waals surface area contributed by atoms with Gasteiger partial charge < -0.3 is 15.1 Å². The van der Waals surface area contributed by atoms with E-state index in [-0.39, 0.29) is 17.1 Å². The van der Waals surface area contributed by atoms with E-state index >= 15 is 0 Å². The quantitative estimate of drug-likeness (QED) is 0.446. The average molecular weight is 482 g/mol. The van der Waals surface area contributed by atoms with Crippen LogP contribution in [0, 0.1) is 5.82 Å². The van der Waals surface area contributed by atoms with Gasteiger partial charge in [-0.25, -0.2) is 29.0 Å². The topological polar surface area (TPSA) is 105 Å². The van der Waals surface area contributed by atoms with Gasteiger partial charge >= 0.3 is 0 Å². The maximum atomic E-state index is 14.0. The molecule has 0 spiro atoms. The summed E-state index contributed by atoms with van der Waals surface area (Å²) in [5.74, 6) is 0.301. The number of rotatable bonds is 6. The van der Waals surface area contributed by atoms with E-state index in [4.69, 9.17) is 11.6 Å². The fourth-order valence-electron chi connectivity index (χ4n) is 3.95. The molecule has 0 bridgehead atoms. The number of halogens is 2. The molecule has 10 nitrogen and oxygen atoms in total. The Morgan fingerprint density at radius 1 is 1.03 bits per heavy atom. The molecule has 4 aromatic rings. The predicted octanol–water partition coefficient (Wildman–Crippen LogP) is 2.17. The Hall–Kier alpha value is -3.86. The summed E-state index contributed by atoms with van der Waals surface area (Å²) in [5.41, 5.74) is 0.496. The van der Waals surface area contributed by atoms with Gasteiger partial charge in [0.25, 0.3) is 5.91 Å². The van der Waals surface area contributed by atoms with Crippen LogP contribution in [0.2, 0.25) is 5.02 Å². The normalized spacial score (nSPS) is 13.9. The van der Waals surface area contributed by atoms with Crippen molar-refractivity contribution in [3.63, 3.8) is 0 Å². The third kappa shape index (κ3) is 4.34. The highest BCUT2D eigenvalue weighted by Gasteiger charge is 2.22. The molecule has 5 rings (SSSR count). The maximum Gasteiger partial charge on any atom is 0.255 e. The van der Waals surface area contributed by atoms with Gasteiger partial charge in [0.05, 0.1) is 28.7 Å². The van der Waals surface area contributed by atoms with Crippen molar-refractivity contribution < 1.29 is 9.18 Å². The molecule has 174 valence electrons. The highest BCUT2D eigenvalue weighted by atomic mass is 35.5. The standard InChI is InChI=1S/C22H21ClFN9O/c23-16-3-1-4-17(24)18(16)21(34)25-7-8-33-20-15(13-30-33)19(28-14-29-20)31-9-11-32(12-10-31)22-26-5-2-6-27-22/h1-6,13-14H,7-12H2,(H,25,34). The third-order valence-corrected chi connectivity index (χ3v) is 5.94. The fraction of sp³-hybridized carbons (Fsp3) is 0.273. The van der Waals surface area contributed by atoms with Gasteiger partial charge in [0.15, 0.2) is 5.65 Å². The van der Waals surface area contributed by atoms with Crippen molar-refractivity contribution in [3.8, 4) is 0 Å². The molecule has 1 aliphatic heterocycles. The summed E-state index contributed by atoms with van der Waals surface area (Å²) in [6.45, 7) is 3.65. The van der Waals surface area contributed by atoms with E-state index in [1.807, 2.05) is 0 Å². The smallest absolute Gasteiger partial charge is 0.255 e. The number of carbonyl (C=O) groups excluding carboxylic acids is 1. The number of nitrogens with one attached hydrogen (secondary N) is 1. The monoisotopic (exact) mass is 481 g/mol. The van der Waals surface area contributed by atoms with Crippen molar-refractivity contribution in [2.45, 2.75) is 6.54 Å². The highest BCUT2D eigenvalue weighted by molar-refractivity contribution is 6.33. The van der Waals surface area contributed by atoms with Crippen LogP contribution in [0.1, 0.15) is 10.4 Å². The summed E-state index contributed by atoms with van der Waals surface area (Å²) >= 11 is 5.97. The first kappa shape index (κ1) is 22.0. The lowest BCUT2D eigenvalue weighted by Crippen LogP contribution is -2.47. The number of amides is 1. The van der Waals surface area contributed by atoms with Gasteiger partial charge in [-0.2, -0.15) is 5.10 Å². The summed E-state index contributed by atoms with van der Waals surface area (Å²) in [6.07, 6.45) is 6.72. The van der Waals surface area contributed by atoms with Crippen molar-refractivity contribution in [1.82, 2.24) is 35.0 Å². The van der Waals surface area contributed by atoms with Crippen LogP contribution in [0.15, 0.2) is 49.2 Å². The number of benzene rings is 1. The minimum absolute atomic E-state index is 0.0679. The van der Waals surface area contributed by atoms with Gasteiger partial charge in [-0.05, 0) is 18.2 Å². The predicted molar refractivity (Wildman–Crippen MR) is 126 cm³/mol. The van der Waals surface area contributed by atoms with Gasteiger partial charge in [-0.3, -0.25) is 4.79 Å². The second-order valence-electron chi connectivity index (χ2n) is 7.68. The van der Waals surface area contributed by atoms with E-state index in [2.05, 4.69) is 40.2 Å². The number of carbonyl (C=O) groups is 1. The molecule has 0 unspecified atom stereocenters. The van der Waals surface area contributed by atoms with E-state index in [0.717, 1.165) is 43.3 Å². The molecule has 34 heavy (non-hydrogen) atoms. The van der Waals surface area contributed by atoms with Gasteiger partial charge in [-0.15, -0.1) is 0 Å². The molecule has 1 fully saturated rings. The molecule has 4 heterocycles.